The van der Waals surface area contributed by atoms with Gasteiger partial charge in [0, 0.05) is 16.1 Å². The maximum Gasteiger partial charge on any atom is 0.237 e. The third kappa shape index (κ3) is 4.36. The molecule has 0 aliphatic carbocycles. The molecular weight excluding hydrogens is 412 g/mol. The number of benzene rings is 2. The first kappa shape index (κ1) is 19.3. The molecule has 0 radical (unpaired) electrons. The fourth-order valence-electron chi connectivity index (χ4n) is 2.62. The van der Waals surface area contributed by atoms with Crippen molar-refractivity contribution in [1.82, 2.24) is 25.0 Å². The van der Waals surface area contributed by atoms with Crippen LogP contribution in [-0.2, 0) is 5.75 Å². The number of nitrogens with two attached hydrogens (primary N) is 1. The average molecular weight is 429 g/mol. The van der Waals surface area contributed by atoms with E-state index in [1.807, 2.05) is 43.3 Å². The van der Waals surface area contributed by atoms with Crippen LogP contribution < -0.4 is 10.6 Å². The first-order valence-corrected chi connectivity index (χ1v) is 10.2. The van der Waals surface area contributed by atoms with Gasteiger partial charge in [-0.2, -0.15) is 4.98 Å². The van der Waals surface area contributed by atoms with E-state index in [9.17, 15) is 0 Å². The Balaban J connectivity index is 1.45. The molecule has 4 aromatic rings. The molecule has 4 rings (SSSR count). The summed E-state index contributed by atoms with van der Waals surface area (Å²) in [5, 5.41) is 13.5. The third-order valence-corrected chi connectivity index (χ3v) is 5.13. The van der Waals surface area contributed by atoms with E-state index < -0.39 is 0 Å². The molecule has 2 aromatic carbocycles. The molecule has 0 spiro atoms. The van der Waals surface area contributed by atoms with Crippen LogP contribution in [0.25, 0.3) is 22.8 Å². The second-order valence-corrected chi connectivity index (χ2v) is 7.32. The fourth-order valence-corrected chi connectivity index (χ4v) is 3.51. The highest BCUT2D eigenvalue weighted by Crippen LogP contribution is 2.26. The molecule has 10 heteroatoms. The molecule has 0 aliphatic rings. The first-order valence-electron chi connectivity index (χ1n) is 8.79. The summed E-state index contributed by atoms with van der Waals surface area (Å²) in [6.45, 7) is 2.55. The van der Waals surface area contributed by atoms with Crippen molar-refractivity contribution in [3.05, 3.63) is 59.4 Å². The largest absolute Gasteiger partial charge is 0.494 e. The second kappa shape index (κ2) is 8.54. The first-order chi connectivity index (χ1) is 14.1. The van der Waals surface area contributed by atoms with Gasteiger partial charge in [0.2, 0.25) is 16.9 Å². The van der Waals surface area contributed by atoms with Crippen LogP contribution in [0.4, 0.5) is 0 Å². The molecule has 0 saturated heterocycles. The minimum atomic E-state index is 0.409. The Morgan fingerprint density at radius 1 is 1.14 bits per heavy atom. The van der Waals surface area contributed by atoms with E-state index in [0.717, 1.165) is 16.9 Å². The molecule has 29 heavy (non-hydrogen) atoms. The summed E-state index contributed by atoms with van der Waals surface area (Å²) >= 11 is 7.36. The number of nitrogens with zero attached hydrogens (tertiary/aromatic N) is 5. The lowest BCUT2D eigenvalue weighted by Gasteiger charge is -2.05. The summed E-state index contributed by atoms with van der Waals surface area (Å²) in [5.41, 5.74) is 1.63. The topological polar surface area (TPSA) is 105 Å². The van der Waals surface area contributed by atoms with Gasteiger partial charge in [0.15, 0.2) is 5.82 Å². The number of aromatic nitrogens is 5. The minimum Gasteiger partial charge on any atom is -0.494 e. The van der Waals surface area contributed by atoms with Crippen molar-refractivity contribution in [3.63, 3.8) is 0 Å². The number of rotatable bonds is 7. The Labute approximate surface area is 176 Å². The highest BCUT2D eigenvalue weighted by molar-refractivity contribution is 7.98. The van der Waals surface area contributed by atoms with Crippen molar-refractivity contribution in [2.45, 2.75) is 17.8 Å². The smallest absolute Gasteiger partial charge is 0.237 e. The number of nitrogen functional groups attached to an aromatic ring is 1. The van der Waals surface area contributed by atoms with Crippen molar-refractivity contribution in [1.29, 1.82) is 0 Å². The minimum absolute atomic E-state index is 0.409. The molecule has 0 atom stereocenters. The summed E-state index contributed by atoms with van der Waals surface area (Å²) in [5.74, 6) is 8.86. The van der Waals surface area contributed by atoms with E-state index >= 15 is 0 Å². The summed E-state index contributed by atoms with van der Waals surface area (Å²) < 4.78 is 12.2. The fraction of sp³-hybridized carbons (Fsp3) is 0.158. The second-order valence-electron chi connectivity index (χ2n) is 5.94. The zero-order chi connectivity index (χ0) is 20.2. The Kier molecular flexibility index (Phi) is 5.68. The lowest BCUT2D eigenvalue weighted by atomic mass is 10.2. The van der Waals surface area contributed by atoms with Gasteiger partial charge in [-0.25, -0.2) is 4.68 Å². The van der Waals surface area contributed by atoms with Crippen LogP contribution in [-0.4, -0.2) is 31.6 Å². The number of thioether (sulfide) groups is 1. The molecule has 0 saturated carbocycles. The normalized spacial score (nSPS) is 11.0. The molecule has 0 aliphatic heterocycles. The van der Waals surface area contributed by atoms with Crippen LogP contribution in [0.2, 0.25) is 5.02 Å². The maximum atomic E-state index is 6.17. The summed E-state index contributed by atoms with van der Waals surface area (Å²) in [6, 6.07) is 14.8. The number of hydrogen-bond donors (Lipinski definition) is 1. The zero-order valence-electron chi connectivity index (χ0n) is 15.4. The lowest BCUT2D eigenvalue weighted by molar-refractivity contribution is 0.340. The molecule has 148 valence electrons. The predicted molar refractivity (Wildman–Crippen MR) is 111 cm³/mol. The van der Waals surface area contributed by atoms with Gasteiger partial charge in [0.1, 0.15) is 5.75 Å². The zero-order valence-corrected chi connectivity index (χ0v) is 17.0. The van der Waals surface area contributed by atoms with Gasteiger partial charge in [-0.05, 0) is 43.3 Å². The van der Waals surface area contributed by atoms with E-state index in [4.69, 9.17) is 26.7 Å². The number of ether oxygens (including phenoxy) is 1. The Morgan fingerprint density at radius 2 is 1.97 bits per heavy atom. The SMILES string of the molecule is CCOc1ccc(-c2nnc(SCc3nc(-c4cccc(Cl)c4)no3)n2N)cc1. The van der Waals surface area contributed by atoms with Crippen molar-refractivity contribution < 1.29 is 9.26 Å². The van der Waals surface area contributed by atoms with Gasteiger partial charge in [-0.1, -0.05) is 40.7 Å². The standard InChI is InChI=1S/C19H17ClN6O2S/c1-2-27-15-8-6-12(7-9-15)18-23-24-19(26(18)21)29-11-16-22-17(25-28-16)13-4-3-5-14(20)10-13/h3-10H,2,11,21H2,1H3. The van der Waals surface area contributed by atoms with Crippen LogP contribution >= 0.6 is 23.4 Å². The van der Waals surface area contributed by atoms with Crippen molar-refractivity contribution in [2.75, 3.05) is 12.4 Å². The van der Waals surface area contributed by atoms with Gasteiger partial charge < -0.3 is 15.1 Å². The Morgan fingerprint density at radius 3 is 2.72 bits per heavy atom. The van der Waals surface area contributed by atoms with E-state index in [2.05, 4.69) is 20.3 Å². The lowest BCUT2D eigenvalue weighted by Crippen LogP contribution is -2.11. The molecule has 2 N–H and O–H groups in total. The van der Waals surface area contributed by atoms with Crippen molar-refractivity contribution in [2.24, 2.45) is 0 Å². The van der Waals surface area contributed by atoms with E-state index in [1.165, 1.54) is 16.4 Å². The molecule has 8 nitrogen and oxygen atoms in total. The van der Waals surface area contributed by atoms with Gasteiger partial charge in [-0.15, -0.1) is 10.2 Å². The molecule has 2 heterocycles. The van der Waals surface area contributed by atoms with E-state index in [1.54, 1.807) is 12.1 Å². The van der Waals surface area contributed by atoms with Crippen LogP contribution in [0.15, 0.2) is 58.2 Å². The monoisotopic (exact) mass is 428 g/mol. The molecule has 0 bridgehead atoms. The summed E-state index contributed by atoms with van der Waals surface area (Å²) in [6.07, 6.45) is 0. The van der Waals surface area contributed by atoms with Crippen molar-refractivity contribution in [3.8, 4) is 28.5 Å². The molecule has 0 unspecified atom stereocenters. The van der Waals surface area contributed by atoms with Gasteiger partial charge in [-0.3, -0.25) is 0 Å². The van der Waals surface area contributed by atoms with Gasteiger partial charge in [0.25, 0.3) is 0 Å². The third-order valence-electron chi connectivity index (χ3n) is 3.96. The Hall–Kier alpha value is -3.04. The summed E-state index contributed by atoms with van der Waals surface area (Å²) in [4.78, 5) is 4.39. The van der Waals surface area contributed by atoms with Crippen LogP contribution in [0.5, 0.6) is 5.75 Å². The highest BCUT2D eigenvalue weighted by Gasteiger charge is 2.15. The van der Waals surface area contributed by atoms with Crippen molar-refractivity contribution >= 4 is 23.4 Å². The van der Waals surface area contributed by atoms with E-state index in [-0.39, 0.29) is 0 Å². The van der Waals surface area contributed by atoms with E-state index in [0.29, 0.717) is 40.1 Å². The van der Waals surface area contributed by atoms with Crippen LogP contribution in [0, 0.1) is 0 Å². The molecule has 2 aromatic heterocycles. The van der Waals surface area contributed by atoms with Gasteiger partial charge in [0.05, 0.1) is 12.4 Å². The summed E-state index contributed by atoms with van der Waals surface area (Å²) in [7, 11) is 0. The maximum absolute atomic E-state index is 6.17. The molecular formula is C19H17ClN6O2S. The Bertz CT molecular complexity index is 1110. The number of halogens is 1. The quantitative estimate of drug-likeness (QED) is 0.347. The van der Waals surface area contributed by atoms with Crippen LogP contribution in [0.1, 0.15) is 12.8 Å². The predicted octanol–water partition coefficient (Wildman–Crippen LogP) is 4.05. The van der Waals surface area contributed by atoms with Crippen LogP contribution in [0.3, 0.4) is 0 Å². The average Bonchev–Trinajstić information content (AvgIpc) is 3.34. The highest BCUT2D eigenvalue weighted by atomic mass is 35.5. The number of hydrogen-bond acceptors (Lipinski definition) is 8. The molecule has 0 fully saturated rings. The molecule has 0 amide bonds. The van der Waals surface area contributed by atoms with Gasteiger partial charge >= 0.3 is 0 Å².